The molecule has 1 aromatic heterocycles. The summed E-state index contributed by atoms with van der Waals surface area (Å²) in [6.45, 7) is 0. The number of H-pyrrole nitrogens is 1. The molecule has 0 aliphatic rings. The third-order valence-electron chi connectivity index (χ3n) is 4.26. The Kier molecular flexibility index (Phi) is 3.82. The van der Waals surface area contributed by atoms with Gasteiger partial charge in [0.25, 0.3) is 5.56 Å². The summed E-state index contributed by atoms with van der Waals surface area (Å²) in [5.74, 6) is 0.446. The maximum Gasteiger partial charge on any atom is 0.259 e. The third kappa shape index (κ3) is 2.75. The van der Waals surface area contributed by atoms with Crippen molar-refractivity contribution in [2.24, 2.45) is 0 Å². The van der Waals surface area contributed by atoms with E-state index in [1.54, 1.807) is 36.4 Å². The number of aromatic amines is 1. The molecule has 1 heterocycles. The van der Waals surface area contributed by atoms with Gasteiger partial charge in [0, 0.05) is 5.56 Å². The molecule has 4 rings (SSSR count). The summed E-state index contributed by atoms with van der Waals surface area (Å²) in [5, 5.41) is 10.4. The quantitative estimate of drug-likeness (QED) is 0.555. The molecular formula is C21H14N2O3. The lowest BCUT2D eigenvalue weighted by molar-refractivity contribution is 0.112. The summed E-state index contributed by atoms with van der Waals surface area (Å²) >= 11 is 0. The number of carbonyl (C=O) groups is 1. The number of carbonyl (C=O) groups excluding carboxylic acids is 1. The van der Waals surface area contributed by atoms with Gasteiger partial charge in [-0.05, 0) is 35.4 Å². The molecule has 4 aromatic rings. The smallest absolute Gasteiger partial charge is 0.259 e. The van der Waals surface area contributed by atoms with Crippen LogP contribution >= 0.6 is 0 Å². The molecular weight excluding hydrogens is 328 g/mol. The van der Waals surface area contributed by atoms with Crippen molar-refractivity contribution < 1.29 is 9.90 Å². The van der Waals surface area contributed by atoms with Gasteiger partial charge in [0.1, 0.15) is 11.6 Å². The fourth-order valence-electron chi connectivity index (χ4n) is 2.87. The van der Waals surface area contributed by atoms with Gasteiger partial charge >= 0.3 is 0 Å². The summed E-state index contributed by atoms with van der Waals surface area (Å²) in [6, 6.07) is 19.6. The topological polar surface area (TPSA) is 83.0 Å². The number of rotatable bonds is 3. The minimum atomic E-state index is -0.177. The Bertz CT molecular complexity index is 1180. The first kappa shape index (κ1) is 15.8. The molecule has 2 N–H and O–H groups in total. The van der Waals surface area contributed by atoms with Crippen LogP contribution < -0.4 is 5.56 Å². The molecule has 0 atom stereocenters. The average Bonchev–Trinajstić information content (AvgIpc) is 2.68. The SMILES string of the molecule is O=Cc1ccc(-c2ccc(-c3nc4ccccc4c(=O)[nH]3)cc2)cc1O. The van der Waals surface area contributed by atoms with E-state index in [0.29, 0.717) is 23.0 Å². The number of aldehydes is 1. The first-order valence-electron chi connectivity index (χ1n) is 8.04. The van der Waals surface area contributed by atoms with Crippen molar-refractivity contribution in [3.63, 3.8) is 0 Å². The lowest BCUT2D eigenvalue weighted by atomic mass is 10.0. The van der Waals surface area contributed by atoms with Gasteiger partial charge in [0.05, 0.1) is 16.5 Å². The number of fused-ring (bicyclic) bond motifs is 1. The first-order valence-corrected chi connectivity index (χ1v) is 8.04. The van der Waals surface area contributed by atoms with Gasteiger partial charge in [-0.1, -0.05) is 42.5 Å². The van der Waals surface area contributed by atoms with Crippen molar-refractivity contribution >= 4 is 17.2 Å². The highest BCUT2D eigenvalue weighted by molar-refractivity contribution is 5.82. The van der Waals surface area contributed by atoms with Crippen LogP contribution in [-0.2, 0) is 0 Å². The van der Waals surface area contributed by atoms with Gasteiger partial charge in [0.2, 0.25) is 0 Å². The molecule has 5 nitrogen and oxygen atoms in total. The number of hydrogen-bond acceptors (Lipinski definition) is 4. The lowest BCUT2D eigenvalue weighted by Gasteiger charge is -2.07. The van der Waals surface area contributed by atoms with Gasteiger partial charge in [-0.15, -0.1) is 0 Å². The fourth-order valence-corrected chi connectivity index (χ4v) is 2.87. The van der Waals surface area contributed by atoms with Crippen LogP contribution in [0, 0.1) is 0 Å². The Hall–Kier alpha value is -3.73. The van der Waals surface area contributed by atoms with Gasteiger partial charge in [0.15, 0.2) is 6.29 Å². The highest BCUT2D eigenvalue weighted by atomic mass is 16.3. The van der Waals surface area contributed by atoms with Gasteiger partial charge in [-0.25, -0.2) is 4.98 Å². The van der Waals surface area contributed by atoms with Crippen LogP contribution in [0.15, 0.2) is 71.5 Å². The standard InChI is InChI=1S/C21H14N2O3/c24-12-16-10-9-15(11-19(16)25)13-5-7-14(8-6-13)20-22-18-4-2-1-3-17(18)21(26)23-20/h1-12,25H,(H,22,23,26). The van der Waals surface area contributed by atoms with Gasteiger partial charge < -0.3 is 10.1 Å². The van der Waals surface area contributed by atoms with Crippen LogP contribution in [0.3, 0.4) is 0 Å². The largest absolute Gasteiger partial charge is 0.507 e. The second-order valence-electron chi connectivity index (χ2n) is 5.90. The Balaban J connectivity index is 1.73. The Labute approximate surface area is 148 Å². The van der Waals surface area contributed by atoms with Crippen molar-refractivity contribution in [1.29, 1.82) is 0 Å². The molecule has 5 heteroatoms. The number of aromatic nitrogens is 2. The van der Waals surface area contributed by atoms with Crippen LogP contribution in [0.4, 0.5) is 0 Å². The highest BCUT2D eigenvalue weighted by Gasteiger charge is 2.07. The average molecular weight is 342 g/mol. The Morgan fingerprint density at radius 1 is 0.885 bits per heavy atom. The molecule has 0 spiro atoms. The molecule has 0 unspecified atom stereocenters. The number of hydrogen-bond donors (Lipinski definition) is 2. The minimum Gasteiger partial charge on any atom is -0.507 e. The number of phenolic OH excluding ortho intramolecular Hbond substituents is 1. The van der Waals surface area contributed by atoms with E-state index in [2.05, 4.69) is 9.97 Å². The molecule has 26 heavy (non-hydrogen) atoms. The van der Waals surface area contributed by atoms with E-state index in [4.69, 9.17) is 0 Å². The molecule has 0 fully saturated rings. The van der Waals surface area contributed by atoms with Crippen LogP contribution in [0.2, 0.25) is 0 Å². The van der Waals surface area contributed by atoms with Crippen LogP contribution in [0.5, 0.6) is 5.75 Å². The molecule has 3 aromatic carbocycles. The molecule has 0 saturated heterocycles. The Morgan fingerprint density at radius 3 is 2.31 bits per heavy atom. The van der Waals surface area contributed by atoms with E-state index in [1.165, 1.54) is 0 Å². The van der Waals surface area contributed by atoms with Crippen molar-refractivity contribution in [2.75, 3.05) is 0 Å². The maximum absolute atomic E-state index is 12.2. The predicted molar refractivity (Wildman–Crippen MR) is 100 cm³/mol. The van der Waals surface area contributed by atoms with Crippen LogP contribution in [0.1, 0.15) is 10.4 Å². The summed E-state index contributed by atoms with van der Waals surface area (Å²) in [4.78, 5) is 30.3. The van der Waals surface area contributed by atoms with E-state index < -0.39 is 0 Å². The van der Waals surface area contributed by atoms with Crippen molar-refractivity contribution in [3.8, 4) is 28.3 Å². The third-order valence-corrected chi connectivity index (χ3v) is 4.26. The van der Waals surface area contributed by atoms with E-state index in [-0.39, 0.29) is 16.9 Å². The summed E-state index contributed by atoms with van der Waals surface area (Å²) < 4.78 is 0. The summed E-state index contributed by atoms with van der Waals surface area (Å²) in [5.41, 5.74) is 3.17. The Morgan fingerprint density at radius 2 is 1.58 bits per heavy atom. The molecule has 0 radical (unpaired) electrons. The zero-order valence-electron chi connectivity index (χ0n) is 13.6. The van der Waals surface area contributed by atoms with E-state index in [9.17, 15) is 14.7 Å². The maximum atomic E-state index is 12.2. The minimum absolute atomic E-state index is 0.0536. The molecule has 0 saturated carbocycles. The van der Waals surface area contributed by atoms with Crippen molar-refractivity contribution in [1.82, 2.24) is 9.97 Å². The zero-order valence-corrected chi connectivity index (χ0v) is 13.6. The number of benzene rings is 3. The molecule has 0 aliphatic carbocycles. The van der Waals surface area contributed by atoms with Crippen LogP contribution in [0.25, 0.3) is 33.4 Å². The highest BCUT2D eigenvalue weighted by Crippen LogP contribution is 2.27. The summed E-state index contributed by atoms with van der Waals surface area (Å²) in [7, 11) is 0. The fraction of sp³-hybridized carbons (Fsp3) is 0. The zero-order chi connectivity index (χ0) is 18.1. The van der Waals surface area contributed by atoms with E-state index >= 15 is 0 Å². The summed E-state index contributed by atoms with van der Waals surface area (Å²) in [6.07, 6.45) is 0.615. The monoisotopic (exact) mass is 342 g/mol. The number of aromatic hydroxyl groups is 1. The lowest BCUT2D eigenvalue weighted by Crippen LogP contribution is -2.09. The molecule has 126 valence electrons. The predicted octanol–water partition coefficient (Wildman–Crippen LogP) is 3.78. The van der Waals surface area contributed by atoms with E-state index in [0.717, 1.165) is 16.7 Å². The number of nitrogens with zero attached hydrogens (tertiary/aromatic N) is 1. The second kappa shape index (κ2) is 6.29. The molecule has 0 amide bonds. The second-order valence-corrected chi connectivity index (χ2v) is 5.90. The van der Waals surface area contributed by atoms with Gasteiger partial charge in [-0.3, -0.25) is 9.59 Å². The van der Waals surface area contributed by atoms with Crippen LogP contribution in [-0.4, -0.2) is 21.4 Å². The first-order chi connectivity index (χ1) is 12.7. The van der Waals surface area contributed by atoms with Gasteiger partial charge in [-0.2, -0.15) is 0 Å². The molecule has 0 bridgehead atoms. The van der Waals surface area contributed by atoms with E-state index in [1.807, 2.05) is 30.3 Å². The van der Waals surface area contributed by atoms with Crippen molar-refractivity contribution in [3.05, 3.63) is 82.6 Å². The number of para-hydroxylation sites is 1. The normalized spacial score (nSPS) is 10.8. The number of nitrogens with one attached hydrogen (secondary N) is 1. The van der Waals surface area contributed by atoms with Crippen molar-refractivity contribution in [2.45, 2.75) is 0 Å². The molecule has 0 aliphatic heterocycles. The number of phenols is 1.